The highest BCUT2D eigenvalue weighted by atomic mass is 32.1. The molecule has 0 bridgehead atoms. The lowest BCUT2D eigenvalue weighted by molar-refractivity contribution is -0.312. The highest BCUT2D eigenvalue weighted by Gasteiger charge is 2.23. The van der Waals surface area contributed by atoms with Gasteiger partial charge < -0.3 is 24.4 Å². The zero-order valence-electron chi connectivity index (χ0n) is 16.2. The predicted molar refractivity (Wildman–Crippen MR) is 106 cm³/mol. The molecule has 1 heterocycles. The summed E-state index contributed by atoms with van der Waals surface area (Å²) in [5.74, 6) is -0.0485. The van der Waals surface area contributed by atoms with Gasteiger partial charge >= 0.3 is 0 Å². The van der Waals surface area contributed by atoms with E-state index >= 15 is 0 Å². The van der Waals surface area contributed by atoms with Gasteiger partial charge in [0, 0.05) is 18.6 Å². The standard InChI is InChI=1S/C20H26N2O5S/c1-3-26-16-9-14-15(10-17(16)27-4-2)21-20(28)22(18(14)23)11-12-5-7-13(8-6-12)19(24)25/h9-10,12-13H,3-8,11H2,1-2H3,(H,21,28)(H,24,25)/p-1. The third-order valence-electron chi connectivity index (χ3n) is 5.27. The Morgan fingerprint density at radius 3 is 2.36 bits per heavy atom. The summed E-state index contributed by atoms with van der Waals surface area (Å²) in [5, 5.41) is 11.5. The third-order valence-corrected chi connectivity index (χ3v) is 5.59. The summed E-state index contributed by atoms with van der Waals surface area (Å²) in [6.07, 6.45) is 2.65. The van der Waals surface area contributed by atoms with Crippen molar-refractivity contribution in [1.29, 1.82) is 0 Å². The van der Waals surface area contributed by atoms with Gasteiger partial charge in [-0.2, -0.15) is 0 Å². The topological polar surface area (TPSA) is 96.4 Å². The number of carbonyl (C=O) groups excluding carboxylic acids is 1. The van der Waals surface area contributed by atoms with Gasteiger partial charge in [-0.05, 0) is 69.7 Å². The summed E-state index contributed by atoms with van der Waals surface area (Å²) in [5.41, 5.74) is 0.434. The van der Waals surface area contributed by atoms with Crippen molar-refractivity contribution < 1.29 is 19.4 Å². The molecule has 1 aromatic heterocycles. The van der Waals surface area contributed by atoms with E-state index in [0.717, 1.165) is 12.8 Å². The first-order valence-electron chi connectivity index (χ1n) is 9.71. The number of hydrogen-bond donors (Lipinski definition) is 1. The van der Waals surface area contributed by atoms with Crippen LogP contribution in [0.25, 0.3) is 10.9 Å². The van der Waals surface area contributed by atoms with Crippen LogP contribution >= 0.6 is 12.2 Å². The van der Waals surface area contributed by atoms with Crippen LogP contribution in [0.4, 0.5) is 0 Å². The van der Waals surface area contributed by atoms with Crippen LogP contribution in [-0.2, 0) is 11.3 Å². The van der Waals surface area contributed by atoms with Crippen LogP contribution in [0.5, 0.6) is 11.5 Å². The minimum absolute atomic E-state index is 0.176. The molecule has 1 aromatic carbocycles. The molecule has 0 saturated heterocycles. The van der Waals surface area contributed by atoms with E-state index in [-0.39, 0.29) is 17.4 Å². The number of fused-ring (bicyclic) bond motifs is 1. The number of aliphatic carboxylic acids is 1. The molecule has 0 amide bonds. The minimum Gasteiger partial charge on any atom is -0.550 e. The molecule has 1 fully saturated rings. The number of carboxylic acids is 1. The molecule has 2 aromatic rings. The molecule has 3 rings (SSSR count). The van der Waals surface area contributed by atoms with Crippen LogP contribution in [0.3, 0.4) is 0 Å². The van der Waals surface area contributed by atoms with Crippen molar-refractivity contribution in [2.24, 2.45) is 11.8 Å². The molecule has 1 N–H and O–H groups in total. The normalized spacial score (nSPS) is 19.5. The SMILES string of the molecule is CCOc1cc2[nH]c(=S)n(CC3CCC(C(=O)[O-])CC3)c(=O)c2cc1OCC. The van der Waals surface area contributed by atoms with Gasteiger partial charge in [-0.3, -0.25) is 9.36 Å². The Kier molecular flexibility index (Phi) is 6.39. The maximum absolute atomic E-state index is 13.1. The first-order chi connectivity index (χ1) is 13.4. The van der Waals surface area contributed by atoms with E-state index in [9.17, 15) is 14.7 Å². The summed E-state index contributed by atoms with van der Waals surface area (Å²) in [6.45, 7) is 5.18. The van der Waals surface area contributed by atoms with Crippen molar-refractivity contribution in [2.45, 2.75) is 46.1 Å². The average molecular weight is 405 g/mol. The Balaban J connectivity index is 1.93. The van der Waals surface area contributed by atoms with Gasteiger partial charge in [0.05, 0.1) is 24.1 Å². The van der Waals surface area contributed by atoms with Gasteiger partial charge in [0.15, 0.2) is 16.3 Å². The Hall–Kier alpha value is -2.35. The number of H-pyrrole nitrogens is 1. The number of nitrogens with one attached hydrogen (secondary N) is 1. The molecule has 0 aliphatic heterocycles. The Morgan fingerprint density at radius 2 is 1.79 bits per heavy atom. The zero-order valence-corrected chi connectivity index (χ0v) is 17.0. The number of aromatic nitrogens is 2. The number of benzene rings is 1. The van der Waals surface area contributed by atoms with Gasteiger partial charge in [-0.15, -0.1) is 0 Å². The number of ether oxygens (including phenoxy) is 2. The predicted octanol–water partition coefficient (Wildman–Crippen LogP) is 2.41. The Bertz CT molecular complexity index is 973. The van der Waals surface area contributed by atoms with Crippen LogP contribution in [0.2, 0.25) is 0 Å². The van der Waals surface area contributed by atoms with Crippen molar-refractivity contribution in [3.05, 3.63) is 27.3 Å². The van der Waals surface area contributed by atoms with Crippen LogP contribution in [0.1, 0.15) is 39.5 Å². The van der Waals surface area contributed by atoms with E-state index in [4.69, 9.17) is 21.7 Å². The van der Waals surface area contributed by atoms with Gasteiger partial charge in [0.2, 0.25) is 0 Å². The fourth-order valence-electron chi connectivity index (χ4n) is 3.80. The lowest BCUT2D eigenvalue weighted by atomic mass is 9.82. The molecule has 1 aliphatic rings. The second-order valence-electron chi connectivity index (χ2n) is 7.09. The van der Waals surface area contributed by atoms with Gasteiger partial charge in [-0.25, -0.2) is 0 Å². The molecular formula is C20H25N2O5S-. The molecule has 8 heteroatoms. The van der Waals surface area contributed by atoms with E-state index in [1.54, 1.807) is 16.7 Å². The van der Waals surface area contributed by atoms with Gasteiger partial charge in [-0.1, -0.05) is 0 Å². The molecule has 7 nitrogen and oxygen atoms in total. The summed E-state index contributed by atoms with van der Waals surface area (Å²) in [6, 6.07) is 3.44. The largest absolute Gasteiger partial charge is 0.550 e. The van der Waals surface area contributed by atoms with E-state index < -0.39 is 5.97 Å². The van der Waals surface area contributed by atoms with Crippen molar-refractivity contribution in [3.63, 3.8) is 0 Å². The number of hydrogen-bond acceptors (Lipinski definition) is 6. The maximum Gasteiger partial charge on any atom is 0.262 e. The van der Waals surface area contributed by atoms with Crippen LogP contribution in [0, 0.1) is 16.6 Å². The Morgan fingerprint density at radius 1 is 1.18 bits per heavy atom. The molecule has 1 saturated carbocycles. The minimum atomic E-state index is -0.979. The zero-order chi connectivity index (χ0) is 20.3. The lowest BCUT2D eigenvalue weighted by Crippen LogP contribution is -2.35. The highest BCUT2D eigenvalue weighted by molar-refractivity contribution is 7.71. The molecule has 0 spiro atoms. The summed E-state index contributed by atoms with van der Waals surface area (Å²) >= 11 is 5.42. The number of carboxylic acid groups (broad SMARTS) is 1. The molecule has 1 aliphatic carbocycles. The van der Waals surface area contributed by atoms with Crippen molar-refractivity contribution in [1.82, 2.24) is 9.55 Å². The van der Waals surface area contributed by atoms with Crippen molar-refractivity contribution >= 4 is 29.1 Å². The second-order valence-corrected chi connectivity index (χ2v) is 7.48. The van der Waals surface area contributed by atoms with E-state index in [0.29, 0.717) is 59.8 Å². The number of aromatic amines is 1. The lowest BCUT2D eigenvalue weighted by Gasteiger charge is -2.29. The van der Waals surface area contributed by atoms with E-state index in [2.05, 4.69) is 4.98 Å². The molecule has 0 radical (unpaired) electrons. The quantitative estimate of drug-likeness (QED) is 0.711. The summed E-state index contributed by atoms with van der Waals surface area (Å²) in [4.78, 5) is 27.2. The molecule has 0 atom stereocenters. The smallest absolute Gasteiger partial charge is 0.262 e. The monoisotopic (exact) mass is 405 g/mol. The fourth-order valence-corrected chi connectivity index (χ4v) is 4.07. The highest BCUT2D eigenvalue weighted by Crippen LogP contribution is 2.32. The van der Waals surface area contributed by atoms with Gasteiger partial charge in [0.1, 0.15) is 0 Å². The van der Waals surface area contributed by atoms with E-state index in [1.165, 1.54) is 0 Å². The molecular weight excluding hydrogens is 380 g/mol. The first kappa shape index (κ1) is 20.4. The van der Waals surface area contributed by atoms with Crippen LogP contribution in [0.15, 0.2) is 16.9 Å². The fraction of sp³-hybridized carbons (Fsp3) is 0.550. The van der Waals surface area contributed by atoms with Crippen LogP contribution in [-0.4, -0.2) is 28.7 Å². The second kappa shape index (κ2) is 8.77. The van der Waals surface area contributed by atoms with Crippen LogP contribution < -0.4 is 20.1 Å². The van der Waals surface area contributed by atoms with Crippen molar-refractivity contribution in [2.75, 3.05) is 13.2 Å². The average Bonchev–Trinajstić information content (AvgIpc) is 2.67. The summed E-state index contributed by atoms with van der Waals surface area (Å²) in [7, 11) is 0. The third kappa shape index (κ3) is 4.22. The number of nitrogens with zero attached hydrogens (tertiary/aromatic N) is 1. The maximum atomic E-state index is 13.1. The molecule has 152 valence electrons. The number of rotatable bonds is 7. The molecule has 28 heavy (non-hydrogen) atoms. The first-order valence-corrected chi connectivity index (χ1v) is 10.1. The van der Waals surface area contributed by atoms with E-state index in [1.807, 2.05) is 13.8 Å². The van der Waals surface area contributed by atoms with Gasteiger partial charge in [0.25, 0.3) is 5.56 Å². The number of carbonyl (C=O) groups is 1. The summed E-state index contributed by atoms with van der Waals surface area (Å²) < 4.78 is 13.2. The van der Waals surface area contributed by atoms with Crippen molar-refractivity contribution in [3.8, 4) is 11.5 Å². The molecule has 0 unspecified atom stereocenters. The Labute approximate surface area is 168 Å².